The van der Waals surface area contributed by atoms with E-state index in [1.54, 1.807) is 0 Å². The van der Waals surface area contributed by atoms with Gasteiger partial charge >= 0.3 is 0 Å². The topological polar surface area (TPSA) is 52.0 Å². The van der Waals surface area contributed by atoms with Crippen LogP contribution in [0.25, 0.3) is 0 Å². The van der Waals surface area contributed by atoms with E-state index in [1.807, 2.05) is 54.6 Å². The summed E-state index contributed by atoms with van der Waals surface area (Å²) in [6.07, 6.45) is 0. The summed E-state index contributed by atoms with van der Waals surface area (Å²) in [5, 5.41) is 0. The molecule has 0 saturated heterocycles. The Morgan fingerprint density at radius 1 is 0.733 bits per heavy atom. The zero-order valence-electron chi connectivity index (χ0n) is 8.23. The van der Waals surface area contributed by atoms with Gasteiger partial charge in [0.2, 0.25) is 0 Å². The number of rotatable bonds is 0. The van der Waals surface area contributed by atoms with Crippen molar-refractivity contribution in [3.05, 3.63) is 58.2 Å². The van der Waals surface area contributed by atoms with Crippen LogP contribution >= 0.6 is 22.6 Å². The number of benzene rings is 2. The highest BCUT2D eigenvalue weighted by Crippen LogP contribution is 2.11. The molecule has 0 aromatic heterocycles. The van der Waals surface area contributed by atoms with Crippen LogP contribution in [0.3, 0.4) is 0 Å². The number of hydrogen-bond acceptors (Lipinski definition) is 2. The molecule has 0 heterocycles. The number of hydrogen-bond donors (Lipinski definition) is 2. The minimum Gasteiger partial charge on any atom is -0.399 e. The van der Waals surface area contributed by atoms with E-state index in [0.29, 0.717) is 0 Å². The van der Waals surface area contributed by atoms with Crippen LogP contribution < -0.4 is 11.5 Å². The summed E-state index contributed by atoms with van der Waals surface area (Å²) in [4.78, 5) is 0. The van der Waals surface area contributed by atoms with Crippen molar-refractivity contribution in [1.82, 2.24) is 0 Å². The molecular weight excluding hydrogens is 299 g/mol. The Kier molecular flexibility index (Phi) is 4.97. The maximum atomic E-state index is 5.51. The van der Waals surface area contributed by atoms with Crippen LogP contribution in [0.1, 0.15) is 0 Å². The van der Waals surface area contributed by atoms with E-state index in [-0.39, 0.29) is 0 Å². The number of para-hydroxylation sites is 2. The lowest BCUT2D eigenvalue weighted by Gasteiger charge is -1.91. The molecular formula is C12H13IN2. The van der Waals surface area contributed by atoms with E-state index < -0.39 is 0 Å². The first-order chi connectivity index (χ1) is 7.20. The largest absolute Gasteiger partial charge is 0.399 e. The molecule has 2 nitrogen and oxygen atoms in total. The zero-order chi connectivity index (χ0) is 11.1. The highest BCUT2D eigenvalue weighted by atomic mass is 127. The first-order valence-corrected chi connectivity index (χ1v) is 5.58. The Bertz CT molecular complexity index is 380. The maximum absolute atomic E-state index is 5.51. The third-order valence-corrected chi connectivity index (χ3v) is 2.69. The molecule has 0 atom stereocenters. The molecule has 0 aliphatic carbocycles. The second-order valence-corrected chi connectivity index (χ2v) is 4.09. The molecule has 0 aliphatic rings. The molecule has 2 aromatic carbocycles. The highest BCUT2D eigenvalue weighted by molar-refractivity contribution is 14.1. The monoisotopic (exact) mass is 312 g/mol. The average molecular weight is 312 g/mol. The second kappa shape index (κ2) is 6.29. The lowest BCUT2D eigenvalue weighted by molar-refractivity contribution is 1.63. The molecule has 0 bridgehead atoms. The summed E-state index contributed by atoms with van der Waals surface area (Å²) in [6.45, 7) is 0. The third kappa shape index (κ3) is 4.69. The van der Waals surface area contributed by atoms with Gasteiger partial charge in [-0.05, 0) is 46.9 Å². The van der Waals surface area contributed by atoms with Crippen molar-refractivity contribution in [1.29, 1.82) is 0 Å². The third-order valence-electron chi connectivity index (χ3n) is 1.70. The fraction of sp³-hybridized carbons (Fsp3) is 0. The van der Waals surface area contributed by atoms with Crippen LogP contribution in [-0.2, 0) is 0 Å². The van der Waals surface area contributed by atoms with Gasteiger partial charge in [0.15, 0.2) is 0 Å². The molecule has 0 radical (unpaired) electrons. The van der Waals surface area contributed by atoms with Crippen LogP contribution in [0.2, 0.25) is 0 Å². The highest BCUT2D eigenvalue weighted by Gasteiger charge is 1.86. The smallest absolute Gasteiger partial charge is 0.0449 e. The van der Waals surface area contributed by atoms with Crippen molar-refractivity contribution < 1.29 is 0 Å². The Balaban J connectivity index is 0.000000151. The van der Waals surface area contributed by atoms with E-state index in [4.69, 9.17) is 11.5 Å². The quantitative estimate of drug-likeness (QED) is 0.580. The Morgan fingerprint density at radius 3 is 1.60 bits per heavy atom. The Morgan fingerprint density at radius 2 is 1.27 bits per heavy atom. The summed E-state index contributed by atoms with van der Waals surface area (Å²) in [5.41, 5.74) is 12.5. The van der Waals surface area contributed by atoms with E-state index in [0.717, 1.165) is 14.9 Å². The van der Waals surface area contributed by atoms with Crippen molar-refractivity contribution >= 4 is 34.0 Å². The van der Waals surface area contributed by atoms with Gasteiger partial charge < -0.3 is 11.5 Å². The van der Waals surface area contributed by atoms with Crippen LogP contribution in [0.5, 0.6) is 0 Å². The summed E-state index contributed by atoms with van der Waals surface area (Å²) < 4.78 is 1.12. The Hall–Kier alpha value is -1.23. The van der Waals surface area contributed by atoms with Crippen molar-refractivity contribution in [2.24, 2.45) is 0 Å². The molecule has 0 fully saturated rings. The number of nitrogens with two attached hydrogens (primary N) is 2. The van der Waals surface area contributed by atoms with Crippen molar-refractivity contribution in [2.75, 3.05) is 11.5 Å². The number of anilines is 2. The summed E-state index contributed by atoms with van der Waals surface area (Å²) in [7, 11) is 0. The first-order valence-electron chi connectivity index (χ1n) is 4.50. The van der Waals surface area contributed by atoms with Crippen LogP contribution in [0.15, 0.2) is 54.6 Å². The standard InChI is InChI=1S/C6H6IN.C6H7N/c7-5-3-1-2-4-6(5)8;7-6-4-2-1-3-5-6/h1-4H,8H2;1-5H,7H2. The molecule has 0 saturated carbocycles. The van der Waals surface area contributed by atoms with Crippen molar-refractivity contribution in [3.8, 4) is 0 Å². The summed E-state index contributed by atoms with van der Waals surface area (Å²) >= 11 is 2.20. The fourth-order valence-corrected chi connectivity index (χ4v) is 1.32. The molecule has 4 N–H and O–H groups in total. The van der Waals surface area contributed by atoms with Crippen molar-refractivity contribution in [3.63, 3.8) is 0 Å². The molecule has 2 rings (SSSR count). The number of nitrogen functional groups attached to an aromatic ring is 2. The normalized spacial score (nSPS) is 8.87. The van der Waals surface area contributed by atoms with Crippen LogP contribution in [-0.4, -0.2) is 0 Å². The SMILES string of the molecule is Nc1ccccc1.Nc1ccccc1I. The molecule has 0 spiro atoms. The van der Waals surface area contributed by atoms with Crippen LogP contribution in [0, 0.1) is 3.57 Å². The van der Waals surface area contributed by atoms with Gasteiger partial charge in [-0.1, -0.05) is 30.3 Å². The van der Waals surface area contributed by atoms with Gasteiger partial charge in [-0.25, -0.2) is 0 Å². The zero-order valence-corrected chi connectivity index (χ0v) is 10.4. The minimum atomic E-state index is 0.822. The molecule has 78 valence electrons. The van der Waals surface area contributed by atoms with E-state index >= 15 is 0 Å². The summed E-state index contributed by atoms with van der Waals surface area (Å²) in [6, 6.07) is 17.3. The molecule has 2 aromatic rings. The predicted octanol–water partition coefficient (Wildman–Crippen LogP) is 3.14. The van der Waals surface area contributed by atoms with Gasteiger partial charge in [-0.15, -0.1) is 0 Å². The number of halogens is 1. The van der Waals surface area contributed by atoms with Crippen LogP contribution in [0.4, 0.5) is 11.4 Å². The van der Waals surface area contributed by atoms with Gasteiger partial charge in [0, 0.05) is 14.9 Å². The Labute approximate surface area is 103 Å². The molecule has 3 heteroatoms. The molecule has 0 aliphatic heterocycles. The predicted molar refractivity (Wildman–Crippen MR) is 74.4 cm³/mol. The molecule has 0 amide bonds. The molecule has 0 unspecified atom stereocenters. The van der Waals surface area contributed by atoms with Crippen molar-refractivity contribution in [2.45, 2.75) is 0 Å². The van der Waals surface area contributed by atoms with Gasteiger partial charge in [0.05, 0.1) is 0 Å². The fourth-order valence-electron chi connectivity index (χ4n) is 0.928. The average Bonchev–Trinajstić information content (AvgIpc) is 2.25. The second-order valence-electron chi connectivity index (χ2n) is 2.93. The van der Waals surface area contributed by atoms with Gasteiger partial charge in [0.1, 0.15) is 0 Å². The minimum absolute atomic E-state index is 0.822. The summed E-state index contributed by atoms with van der Waals surface area (Å²) in [5.74, 6) is 0. The van der Waals surface area contributed by atoms with Gasteiger partial charge in [-0.2, -0.15) is 0 Å². The van der Waals surface area contributed by atoms with Gasteiger partial charge in [0.25, 0.3) is 0 Å². The van der Waals surface area contributed by atoms with E-state index in [9.17, 15) is 0 Å². The maximum Gasteiger partial charge on any atom is 0.0449 e. The van der Waals surface area contributed by atoms with E-state index in [2.05, 4.69) is 22.6 Å². The lowest BCUT2D eigenvalue weighted by atomic mass is 10.3. The van der Waals surface area contributed by atoms with Gasteiger partial charge in [-0.3, -0.25) is 0 Å². The first kappa shape index (κ1) is 11.8. The lowest BCUT2D eigenvalue weighted by Crippen LogP contribution is -1.85. The molecule has 15 heavy (non-hydrogen) atoms. The van der Waals surface area contributed by atoms with E-state index in [1.165, 1.54) is 0 Å².